The van der Waals surface area contributed by atoms with Crippen LogP contribution in [0.5, 0.6) is 0 Å². The van der Waals surface area contributed by atoms with Crippen LogP contribution in [0.1, 0.15) is 26.2 Å². The van der Waals surface area contributed by atoms with Crippen molar-refractivity contribution in [2.24, 2.45) is 11.5 Å². The van der Waals surface area contributed by atoms with E-state index in [-0.39, 0.29) is 6.61 Å². The molecule has 0 fully saturated rings. The molecular weight excluding hydrogens is 166 g/mol. The molecule has 0 heterocycles. The maximum absolute atomic E-state index is 7.57. The van der Waals surface area contributed by atoms with Gasteiger partial charge in [0.05, 0.1) is 0 Å². The molecule has 0 radical (unpaired) electrons. The lowest BCUT2D eigenvalue weighted by atomic mass is 10.3. The highest BCUT2D eigenvalue weighted by atomic mass is 16.2. The highest BCUT2D eigenvalue weighted by Crippen LogP contribution is 1.81. The molecule has 0 saturated heterocycles. The first-order valence-corrected chi connectivity index (χ1v) is 5.05. The van der Waals surface area contributed by atoms with Gasteiger partial charge in [-0.2, -0.15) is 0 Å². The number of aliphatic hydroxyl groups is 1. The van der Waals surface area contributed by atoms with Crippen molar-refractivity contribution in [2.75, 3.05) is 32.8 Å². The standard InChI is InChI=1S/C7H19N3.C2H6O/c8-4-1-2-6-10-7-3-5-9;1-2-3/h10H,1-9H2;3H,2H2,1H3. The van der Waals surface area contributed by atoms with Gasteiger partial charge in [-0.15, -0.1) is 0 Å². The quantitative estimate of drug-likeness (QED) is 0.415. The van der Waals surface area contributed by atoms with E-state index in [1.165, 1.54) is 6.42 Å². The van der Waals surface area contributed by atoms with Gasteiger partial charge >= 0.3 is 0 Å². The van der Waals surface area contributed by atoms with E-state index in [2.05, 4.69) is 5.32 Å². The van der Waals surface area contributed by atoms with Gasteiger partial charge in [-0.1, -0.05) is 0 Å². The average Bonchev–Trinajstić information content (AvgIpc) is 2.13. The van der Waals surface area contributed by atoms with Gasteiger partial charge in [-0.05, 0) is 52.4 Å². The summed E-state index contributed by atoms with van der Waals surface area (Å²) in [5, 5.41) is 10.9. The topological polar surface area (TPSA) is 84.3 Å². The molecule has 0 saturated carbocycles. The lowest BCUT2D eigenvalue weighted by Gasteiger charge is -2.01. The van der Waals surface area contributed by atoms with Gasteiger partial charge in [0, 0.05) is 6.61 Å². The highest BCUT2D eigenvalue weighted by Gasteiger charge is 1.85. The Labute approximate surface area is 81.7 Å². The molecule has 0 bridgehead atoms. The van der Waals surface area contributed by atoms with Crippen LogP contribution in [0.4, 0.5) is 0 Å². The molecule has 0 rings (SSSR count). The van der Waals surface area contributed by atoms with Gasteiger partial charge < -0.3 is 21.9 Å². The van der Waals surface area contributed by atoms with Crippen molar-refractivity contribution in [3.05, 3.63) is 0 Å². The summed E-state index contributed by atoms with van der Waals surface area (Å²) < 4.78 is 0. The molecule has 13 heavy (non-hydrogen) atoms. The van der Waals surface area contributed by atoms with Crippen molar-refractivity contribution < 1.29 is 5.11 Å². The predicted octanol–water partition coefficient (Wildman–Crippen LogP) is -0.338. The third kappa shape index (κ3) is 24.5. The summed E-state index contributed by atoms with van der Waals surface area (Å²) in [5.41, 5.74) is 10.6. The number of hydrogen-bond donors (Lipinski definition) is 4. The first-order valence-electron chi connectivity index (χ1n) is 5.05. The molecule has 0 atom stereocenters. The van der Waals surface area contributed by atoms with E-state index in [1.54, 1.807) is 6.92 Å². The zero-order valence-corrected chi connectivity index (χ0v) is 8.76. The first kappa shape index (κ1) is 15.3. The van der Waals surface area contributed by atoms with Crippen LogP contribution in [0.25, 0.3) is 0 Å². The summed E-state index contributed by atoms with van der Waals surface area (Å²) in [5.74, 6) is 0. The molecule has 0 aromatic carbocycles. The van der Waals surface area contributed by atoms with E-state index in [0.717, 1.165) is 39.0 Å². The third-order valence-electron chi connectivity index (χ3n) is 1.37. The lowest BCUT2D eigenvalue weighted by Crippen LogP contribution is -2.19. The Morgan fingerprint density at radius 2 is 1.46 bits per heavy atom. The van der Waals surface area contributed by atoms with Crippen LogP contribution in [0.2, 0.25) is 0 Å². The van der Waals surface area contributed by atoms with Crippen LogP contribution in [0.3, 0.4) is 0 Å². The molecule has 0 aromatic heterocycles. The second-order valence-electron chi connectivity index (χ2n) is 2.70. The maximum Gasteiger partial charge on any atom is 0.0402 e. The fourth-order valence-electron chi connectivity index (χ4n) is 0.746. The van der Waals surface area contributed by atoms with Crippen molar-refractivity contribution in [3.63, 3.8) is 0 Å². The van der Waals surface area contributed by atoms with Crippen LogP contribution in [-0.4, -0.2) is 37.9 Å². The Morgan fingerprint density at radius 1 is 1.00 bits per heavy atom. The summed E-state index contributed by atoms with van der Waals surface area (Å²) in [4.78, 5) is 0. The molecule has 0 aromatic rings. The molecule has 6 N–H and O–H groups in total. The zero-order chi connectivity index (χ0) is 10.4. The minimum absolute atomic E-state index is 0.250. The van der Waals surface area contributed by atoms with Crippen molar-refractivity contribution in [1.29, 1.82) is 0 Å². The molecule has 4 nitrogen and oxygen atoms in total. The molecule has 0 unspecified atom stereocenters. The number of nitrogens with two attached hydrogens (primary N) is 2. The Bertz CT molecular complexity index is 63.9. The van der Waals surface area contributed by atoms with E-state index in [4.69, 9.17) is 16.6 Å². The van der Waals surface area contributed by atoms with Crippen LogP contribution >= 0.6 is 0 Å². The zero-order valence-electron chi connectivity index (χ0n) is 8.76. The van der Waals surface area contributed by atoms with Gasteiger partial charge in [-0.3, -0.25) is 0 Å². The first-order chi connectivity index (χ1) is 6.33. The Morgan fingerprint density at radius 3 is 1.92 bits per heavy atom. The number of unbranched alkanes of at least 4 members (excludes halogenated alkanes) is 1. The van der Waals surface area contributed by atoms with Gasteiger partial charge in [-0.25, -0.2) is 0 Å². The number of nitrogens with one attached hydrogen (secondary N) is 1. The Kier molecular flexibility index (Phi) is 21.0. The van der Waals surface area contributed by atoms with E-state index in [0.29, 0.717) is 0 Å². The Balaban J connectivity index is 0. The van der Waals surface area contributed by atoms with E-state index in [9.17, 15) is 0 Å². The second-order valence-corrected chi connectivity index (χ2v) is 2.70. The summed E-state index contributed by atoms with van der Waals surface area (Å²) >= 11 is 0. The Hall–Kier alpha value is -0.160. The van der Waals surface area contributed by atoms with Gasteiger partial charge in [0.15, 0.2) is 0 Å². The lowest BCUT2D eigenvalue weighted by molar-refractivity contribution is 0.318. The van der Waals surface area contributed by atoms with Crippen molar-refractivity contribution in [2.45, 2.75) is 26.2 Å². The highest BCUT2D eigenvalue weighted by molar-refractivity contribution is 4.49. The van der Waals surface area contributed by atoms with Crippen molar-refractivity contribution in [1.82, 2.24) is 5.32 Å². The number of rotatable bonds is 7. The van der Waals surface area contributed by atoms with Crippen molar-refractivity contribution >= 4 is 0 Å². The smallest absolute Gasteiger partial charge is 0.0402 e. The summed E-state index contributed by atoms with van der Waals surface area (Å²) in [7, 11) is 0. The summed E-state index contributed by atoms with van der Waals surface area (Å²) in [6, 6.07) is 0. The predicted molar refractivity (Wildman–Crippen MR) is 57.6 cm³/mol. The third-order valence-corrected chi connectivity index (χ3v) is 1.37. The minimum atomic E-state index is 0.250. The molecule has 0 aliphatic rings. The van der Waals surface area contributed by atoms with E-state index < -0.39 is 0 Å². The molecule has 0 aliphatic carbocycles. The van der Waals surface area contributed by atoms with Gasteiger partial charge in [0.2, 0.25) is 0 Å². The fourth-order valence-corrected chi connectivity index (χ4v) is 0.746. The molecule has 82 valence electrons. The normalized spacial score (nSPS) is 9.23. The number of aliphatic hydroxyl groups excluding tert-OH is 1. The second kappa shape index (κ2) is 17.8. The molecule has 0 aliphatic heterocycles. The van der Waals surface area contributed by atoms with Crippen LogP contribution < -0.4 is 16.8 Å². The molecule has 0 spiro atoms. The monoisotopic (exact) mass is 191 g/mol. The maximum atomic E-state index is 7.57. The SMILES string of the molecule is CCO.NCCCCNCCCN. The van der Waals surface area contributed by atoms with E-state index >= 15 is 0 Å². The molecule has 4 heteroatoms. The molecule has 0 amide bonds. The van der Waals surface area contributed by atoms with Gasteiger partial charge in [0.1, 0.15) is 0 Å². The van der Waals surface area contributed by atoms with E-state index in [1.807, 2.05) is 0 Å². The van der Waals surface area contributed by atoms with Crippen molar-refractivity contribution in [3.8, 4) is 0 Å². The average molecular weight is 191 g/mol. The van der Waals surface area contributed by atoms with Crippen LogP contribution in [0, 0.1) is 0 Å². The fraction of sp³-hybridized carbons (Fsp3) is 1.00. The largest absolute Gasteiger partial charge is 0.397 e. The van der Waals surface area contributed by atoms with Crippen LogP contribution in [-0.2, 0) is 0 Å². The number of hydrogen-bond acceptors (Lipinski definition) is 4. The summed E-state index contributed by atoms with van der Waals surface area (Å²) in [6.07, 6.45) is 3.37. The van der Waals surface area contributed by atoms with Gasteiger partial charge in [0.25, 0.3) is 0 Å². The minimum Gasteiger partial charge on any atom is -0.397 e. The van der Waals surface area contributed by atoms with Crippen LogP contribution in [0.15, 0.2) is 0 Å². The summed E-state index contributed by atoms with van der Waals surface area (Å²) in [6.45, 7) is 5.64. The molecular formula is C9H25N3O.